The van der Waals surface area contributed by atoms with Gasteiger partial charge in [-0.25, -0.2) is 8.42 Å². The van der Waals surface area contributed by atoms with Gasteiger partial charge in [0, 0.05) is 6.42 Å². The number of rotatable bonds is 7. The first kappa shape index (κ1) is 17.2. The molecule has 1 aromatic carbocycles. The molecule has 0 aromatic heterocycles. The molecule has 114 valence electrons. The van der Waals surface area contributed by atoms with Crippen LogP contribution in [0, 0.1) is 18.3 Å². The maximum absolute atomic E-state index is 12.1. The Morgan fingerprint density at radius 1 is 1.33 bits per heavy atom. The molecule has 1 rings (SSSR count). The molecule has 0 amide bonds. The van der Waals surface area contributed by atoms with Crippen molar-refractivity contribution in [1.82, 2.24) is 4.72 Å². The van der Waals surface area contributed by atoms with E-state index in [4.69, 9.17) is 11.5 Å². The third kappa shape index (κ3) is 5.21. The highest BCUT2D eigenvalue weighted by Gasteiger charge is 2.24. The zero-order valence-corrected chi connectivity index (χ0v) is 12.9. The minimum Gasteiger partial charge on any atom is -0.480 e. The summed E-state index contributed by atoms with van der Waals surface area (Å²) in [4.78, 5) is 11.0. The number of terminal acetylenes is 1. The summed E-state index contributed by atoms with van der Waals surface area (Å²) in [5.74, 6) is 1.32. The van der Waals surface area contributed by atoms with Crippen LogP contribution in [-0.2, 0) is 21.2 Å². The smallest absolute Gasteiger partial charge is 0.322 e. The van der Waals surface area contributed by atoms with Gasteiger partial charge in [-0.3, -0.25) is 4.79 Å². The molecule has 2 N–H and O–H groups in total. The van der Waals surface area contributed by atoms with Gasteiger partial charge in [0.1, 0.15) is 6.04 Å². The summed E-state index contributed by atoms with van der Waals surface area (Å²) in [5, 5.41) is 8.94. The van der Waals surface area contributed by atoms with Crippen LogP contribution < -0.4 is 4.72 Å². The number of hydrogen-bond donors (Lipinski definition) is 2. The first-order valence-electron chi connectivity index (χ1n) is 6.54. The largest absolute Gasteiger partial charge is 0.480 e. The molecule has 1 unspecified atom stereocenters. The lowest BCUT2D eigenvalue weighted by molar-refractivity contribution is -0.138. The van der Waals surface area contributed by atoms with Crippen LogP contribution in [0.5, 0.6) is 0 Å². The Morgan fingerprint density at radius 2 is 1.90 bits per heavy atom. The van der Waals surface area contributed by atoms with E-state index in [1.807, 2.05) is 0 Å². The van der Waals surface area contributed by atoms with Crippen LogP contribution in [0.2, 0.25) is 0 Å². The topological polar surface area (TPSA) is 83.5 Å². The van der Waals surface area contributed by atoms with Crippen molar-refractivity contribution in [1.29, 1.82) is 0 Å². The Bertz CT molecular complexity index is 627. The molecule has 0 saturated carbocycles. The highest BCUT2D eigenvalue weighted by atomic mass is 32.2. The molecule has 5 nitrogen and oxygen atoms in total. The summed E-state index contributed by atoms with van der Waals surface area (Å²) >= 11 is 0. The van der Waals surface area contributed by atoms with Gasteiger partial charge in [-0.05, 0) is 30.0 Å². The summed E-state index contributed by atoms with van der Waals surface area (Å²) in [6, 6.07) is 5.07. The highest BCUT2D eigenvalue weighted by molar-refractivity contribution is 7.89. The van der Waals surface area contributed by atoms with Crippen LogP contribution in [-0.4, -0.2) is 25.5 Å². The number of carboxylic acids is 1. The van der Waals surface area contributed by atoms with E-state index in [1.54, 1.807) is 12.1 Å². The minimum atomic E-state index is -3.90. The molecule has 0 bridgehead atoms. The molecule has 21 heavy (non-hydrogen) atoms. The molecule has 1 atom stereocenters. The van der Waals surface area contributed by atoms with Crippen molar-refractivity contribution in [3.05, 3.63) is 29.8 Å². The quantitative estimate of drug-likeness (QED) is 0.750. The maximum Gasteiger partial charge on any atom is 0.322 e. The van der Waals surface area contributed by atoms with Gasteiger partial charge in [0.2, 0.25) is 10.0 Å². The Labute approximate surface area is 125 Å². The molecule has 0 radical (unpaired) electrons. The second-order valence-electron chi connectivity index (χ2n) is 5.16. The molecule has 6 heteroatoms. The lowest BCUT2D eigenvalue weighted by Gasteiger charge is -2.13. The van der Waals surface area contributed by atoms with Crippen molar-refractivity contribution in [2.24, 2.45) is 5.92 Å². The molecule has 0 fully saturated rings. The molecule has 0 aliphatic carbocycles. The molecule has 0 aliphatic rings. The van der Waals surface area contributed by atoms with Gasteiger partial charge in [-0.2, -0.15) is 4.72 Å². The number of nitrogens with one attached hydrogen (secondary N) is 1. The first-order chi connectivity index (χ1) is 9.76. The van der Waals surface area contributed by atoms with Crippen LogP contribution in [0.15, 0.2) is 29.2 Å². The fraction of sp³-hybridized carbons (Fsp3) is 0.400. The number of carboxylic acid groups (broad SMARTS) is 1. The van der Waals surface area contributed by atoms with E-state index in [9.17, 15) is 13.2 Å². The van der Waals surface area contributed by atoms with Gasteiger partial charge in [0.05, 0.1) is 4.90 Å². The Morgan fingerprint density at radius 3 is 2.33 bits per heavy atom. The first-order valence-corrected chi connectivity index (χ1v) is 8.02. The summed E-state index contributed by atoms with van der Waals surface area (Å²) in [5.41, 5.74) is 1.03. The van der Waals surface area contributed by atoms with Gasteiger partial charge in [0.15, 0.2) is 0 Å². The van der Waals surface area contributed by atoms with Gasteiger partial charge < -0.3 is 5.11 Å². The third-order valence-electron chi connectivity index (χ3n) is 2.80. The minimum absolute atomic E-state index is 0.0262. The van der Waals surface area contributed by atoms with Crippen LogP contribution in [0.25, 0.3) is 0 Å². The lowest BCUT2D eigenvalue weighted by atomic mass is 10.0. The number of benzene rings is 1. The van der Waals surface area contributed by atoms with Gasteiger partial charge in [0.25, 0.3) is 0 Å². The fourth-order valence-corrected chi connectivity index (χ4v) is 3.02. The van der Waals surface area contributed by atoms with E-state index >= 15 is 0 Å². The van der Waals surface area contributed by atoms with E-state index in [-0.39, 0.29) is 11.3 Å². The fourth-order valence-electron chi connectivity index (χ4n) is 1.83. The van der Waals surface area contributed by atoms with E-state index < -0.39 is 22.0 Å². The van der Waals surface area contributed by atoms with Crippen LogP contribution in [0.3, 0.4) is 0 Å². The van der Waals surface area contributed by atoms with Gasteiger partial charge in [-0.1, -0.05) is 26.0 Å². The summed E-state index contributed by atoms with van der Waals surface area (Å²) in [6.45, 7) is 4.15. The van der Waals surface area contributed by atoms with Crippen molar-refractivity contribution >= 4 is 16.0 Å². The average molecular weight is 309 g/mol. The lowest BCUT2D eigenvalue weighted by Crippen LogP contribution is -2.40. The zero-order valence-electron chi connectivity index (χ0n) is 12.0. The molecule has 1 aromatic rings. The number of carbonyl (C=O) groups is 1. The third-order valence-corrected chi connectivity index (χ3v) is 4.28. The Balaban J connectivity index is 2.92. The maximum atomic E-state index is 12.1. The average Bonchev–Trinajstić information content (AvgIpc) is 2.37. The van der Waals surface area contributed by atoms with Crippen molar-refractivity contribution in [3.63, 3.8) is 0 Å². The van der Waals surface area contributed by atoms with E-state index in [0.717, 1.165) is 12.0 Å². The second kappa shape index (κ2) is 7.25. The van der Waals surface area contributed by atoms with Crippen LogP contribution in [0.1, 0.15) is 25.8 Å². The summed E-state index contributed by atoms with van der Waals surface area (Å²) in [6.07, 6.45) is 5.68. The highest BCUT2D eigenvalue weighted by Crippen LogP contribution is 2.14. The number of hydrogen-bond acceptors (Lipinski definition) is 3. The summed E-state index contributed by atoms with van der Waals surface area (Å²) in [7, 11) is -3.90. The van der Waals surface area contributed by atoms with Crippen LogP contribution in [0.4, 0.5) is 0 Å². The Kier molecular flexibility index (Phi) is 5.94. The van der Waals surface area contributed by atoms with Crippen molar-refractivity contribution in [2.75, 3.05) is 0 Å². The van der Waals surface area contributed by atoms with E-state index in [2.05, 4.69) is 24.5 Å². The predicted molar refractivity (Wildman–Crippen MR) is 80.2 cm³/mol. The van der Waals surface area contributed by atoms with Crippen LogP contribution >= 0.6 is 0 Å². The van der Waals surface area contributed by atoms with E-state index in [0.29, 0.717) is 5.92 Å². The molecular weight excluding hydrogens is 290 g/mol. The SMILES string of the molecule is C#CCC(NS(=O)(=O)c1ccc(CC(C)C)cc1)C(=O)O. The number of sulfonamides is 1. The summed E-state index contributed by atoms with van der Waals surface area (Å²) < 4.78 is 26.3. The Hall–Kier alpha value is -1.84. The molecule has 0 saturated heterocycles. The van der Waals surface area contributed by atoms with Crippen molar-refractivity contribution in [3.8, 4) is 12.3 Å². The zero-order chi connectivity index (χ0) is 16.0. The predicted octanol–water partition coefficient (Wildman–Crippen LogP) is 1.64. The van der Waals surface area contributed by atoms with Gasteiger partial charge in [-0.15, -0.1) is 12.3 Å². The van der Waals surface area contributed by atoms with Crippen molar-refractivity contribution in [2.45, 2.75) is 37.6 Å². The molecule has 0 heterocycles. The monoisotopic (exact) mass is 309 g/mol. The van der Waals surface area contributed by atoms with Crippen molar-refractivity contribution < 1.29 is 18.3 Å². The molecular formula is C15H19NO4S. The molecule has 0 aliphatic heterocycles. The normalized spacial score (nSPS) is 12.9. The van der Waals surface area contributed by atoms with Gasteiger partial charge >= 0.3 is 5.97 Å². The van der Waals surface area contributed by atoms with E-state index in [1.165, 1.54) is 12.1 Å². The number of aliphatic carboxylic acids is 1. The standard InChI is InChI=1S/C15H19NO4S/c1-4-5-14(15(17)18)16-21(19,20)13-8-6-12(7-9-13)10-11(2)3/h1,6-9,11,14,16H,5,10H2,2-3H3,(H,17,18). The molecule has 0 spiro atoms. The second-order valence-corrected chi connectivity index (χ2v) is 6.88.